The van der Waals surface area contributed by atoms with E-state index in [4.69, 9.17) is 5.14 Å². The third-order valence-corrected chi connectivity index (χ3v) is 4.55. The molecule has 26 heavy (non-hydrogen) atoms. The molecule has 2 aromatic carbocycles. The van der Waals surface area contributed by atoms with Crippen LogP contribution in [0.4, 0.5) is 17.6 Å². The van der Waals surface area contributed by atoms with Crippen LogP contribution in [0.1, 0.15) is 5.69 Å². The molecule has 0 atom stereocenters. The van der Waals surface area contributed by atoms with Crippen molar-refractivity contribution in [2.75, 3.05) is 0 Å². The largest absolute Gasteiger partial charge is 0.433 e. The molecule has 0 aliphatic heterocycles. The Morgan fingerprint density at radius 1 is 1.00 bits per heavy atom. The van der Waals surface area contributed by atoms with Gasteiger partial charge in [0, 0.05) is 11.1 Å². The van der Waals surface area contributed by atoms with Gasteiger partial charge < -0.3 is 0 Å². The molecule has 0 aliphatic rings. The Morgan fingerprint density at radius 2 is 1.65 bits per heavy atom. The van der Waals surface area contributed by atoms with Gasteiger partial charge in [-0.3, -0.25) is 5.10 Å². The first-order chi connectivity index (χ1) is 12.1. The molecule has 5 nitrogen and oxygen atoms in total. The van der Waals surface area contributed by atoms with Crippen molar-refractivity contribution in [1.29, 1.82) is 0 Å². The molecule has 1 heterocycles. The molecule has 0 amide bonds. The molecule has 10 heteroatoms. The van der Waals surface area contributed by atoms with E-state index in [1.807, 2.05) is 5.10 Å². The van der Waals surface area contributed by atoms with Crippen molar-refractivity contribution >= 4 is 10.0 Å². The number of halogens is 4. The van der Waals surface area contributed by atoms with Gasteiger partial charge in [0.05, 0.1) is 4.90 Å². The van der Waals surface area contributed by atoms with Crippen molar-refractivity contribution in [2.24, 2.45) is 5.14 Å². The first kappa shape index (κ1) is 18.1. The second-order valence-electron chi connectivity index (χ2n) is 5.40. The van der Waals surface area contributed by atoms with Gasteiger partial charge in [-0.2, -0.15) is 18.3 Å². The van der Waals surface area contributed by atoms with Crippen LogP contribution < -0.4 is 5.14 Å². The summed E-state index contributed by atoms with van der Waals surface area (Å²) in [4.78, 5) is -0.194. The number of primary sulfonamides is 1. The Hall–Kier alpha value is -2.72. The highest BCUT2D eigenvalue weighted by molar-refractivity contribution is 7.89. The number of nitrogens with two attached hydrogens (primary N) is 1. The van der Waals surface area contributed by atoms with Gasteiger partial charge in [0.15, 0.2) is 0 Å². The van der Waals surface area contributed by atoms with Gasteiger partial charge in [0.2, 0.25) is 10.0 Å². The predicted octanol–water partition coefficient (Wildman–Crippen LogP) is 3.55. The minimum atomic E-state index is -4.74. The number of aromatic amines is 1. The van der Waals surface area contributed by atoms with Crippen LogP contribution in [0.5, 0.6) is 0 Å². The van der Waals surface area contributed by atoms with Gasteiger partial charge in [-0.05, 0) is 29.8 Å². The lowest BCUT2D eigenvalue weighted by Gasteiger charge is -2.09. The molecule has 0 fully saturated rings. The average molecular weight is 385 g/mol. The molecule has 0 radical (unpaired) electrons. The Bertz CT molecular complexity index is 1060. The van der Waals surface area contributed by atoms with Crippen LogP contribution in [0, 0.1) is 5.82 Å². The van der Waals surface area contributed by atoms with Crippen LogP contribution >= 0.6 is 0 Å². The molecular formula is C16H11F4N3O2S. The van der Waals surface area contributed by atoms with E-state index in [0.717, 1.165) is 24.3 Å². The molecule has 0 saturated carbocycles. The van der Waals surface area contributed by atoms with E-state index >= 15 is 0 Å². The lowest BCUT2D eigenvalue weighted by Crippen LogP contribution is -2.11. The summed E-state index contributed by atoms with van der Waals surface area (Å²) in [6.07, 6.45) is -4.74. The molecule has 0 bridgehead atoms. The zero-order valence-corrected chi connectivity index (χ0v) is 13.7. The summed E-state index contributed by atoms with van der Waals surface area (Å²) in [6.45, 7) is 0. The molecular weight excluding hydrogens is 374 g/mol. The van der Waals surface area contributed by atoms with E-state index in [0.29, 0.717) is 0 Å². The van der Waals surface area contributed by atoms with Crippen molar-refractivity contribution < 1.29 is 26.0 Å². The van der Waals surface area contributed by atoms with Gasteiger partial charge in [-0.1, -0.05) is 24.3 Å². The summed E-state index contributed by atoms with van der Waals surface area (Å²) >= 11 is 0. The van der Waals surface area contributed by atoms with E-state index < -0.39 is 27.7 Å². The molecule has 136 valence electrons. The van der Waals surface area contributed by atoms with Crippen molar-refractivity contribution in [2.45, 2.75) is 11.1 Å². The Labute approximate surface area is 145 Å². The summed E-state index contributed by atoms with van der Waals surface area (Å²) in [7, 11) is -3.95. The first-order valence-corrected chi connectivity index (χ1v) is 8.67. The fourth-order valence-corrected chi connectivity index (χ4v) is 3.00. The Morgan fingerprint density at radius 3 is 2.19 bits per heavy atom. The maximum absolute atomic E-state index is 13.5. The number of hydrogen-bond donors (Lipinski definition) is 2. The number of hydrogen-bond acceptors (Lipinski definition) is 3. The van der Waals surface area contributed by atoms with Crippen molar-refractivity contribution in [3.8, 4) is 22.4 Å². The summed E-state index contributed by atoms with van der Waals surface area (Å²) in [5, 5.41) is 10.6. The molecule has 3 rings (SSSR count). The number of nitrogens with zero attached hydrogens (tertiary/aromatic N) is 1. The Kier molecular flexibility index (Phi) is 4.32. The molecule has 3 N–H and O–H groups in total. The minimum Gasteiger partial charge on any atom is -0.272 e. The number of nitrogens with one attached hydrogen (secondary N) is 1. The van der Waals surface area contributed by atoms with Gasteiger partial charge in [-0.15, -0.1) is 0 Å². The highest BCUT2D eigenvalue weighted by atomic mass is 32.2. The molecule has 0 unspecified atom stereocenters. The van der Waals surface area contributed by atoms with Crippen molar-refractivity contribution in [3.63, 3.8) is 0 Å². The van der Waals surface area contributed by atoms with Gasteiger partial charge in [-0.25, -0.2) is 17.9 Å². The normalized spacial score (nSPS) is 12.3. The smallest absolute Gasteiger partial charge is 0.272 e. The van der Waals surface area contributed by atoms with Crippen molar-refractivity contribution in [1.82, 2.24) is 10.2 Å². The number of sulfonamides is 1. The second kappa shape index (κ2) is 6.22. The zero-order valence-electron chi connectivity index (χ0n) is 12.9. The zero-order chi connectivity index (χ0) is 19.1. The van der Waals surface area contributed by atoms with Crippen molar-refractivity contribution in [3.05, 3.63) is 60.0 Å². The highest BCUT2D eigenvalue weighted by Crippen LogP contribution is 2.41. The van der Waals surface area contributed by atoms with Crippen LogP contribution in [0.2, 0.25) is 0 Å². The molecule has 0 aliphatic carbocycles. The molecule has 1 aromatic heterocycles. The summed E-state index contributed by atoms with van der Waals surface area (Å²) in [5.74, 6) is -0.702. The predicted molar refractivity (Wildman–Crippen MR) is 85.8 cm³/mol. The highest BCUT2D eigenvalue weighted by Gasteiger charge is 2.38. The molecule has 3 aromatic rings. The number of alkyl halides is 3. The Balaban J connectivity index is 2.21. The van der Waals surface area contributed by atoms with E-state index in [1.54, 1.807) is 0 Å². The SMILES string of the molecule is NS(=O)(=O)c1ccc(-c2n[nH]c(C(F)(F)F)c2-c2cccc(F)c2)cc1. The van der Waals surface area contributed by atoms with Gasteiger partial charge >= 0.3 is 6.18 Å². The lowest BCUT2D eigenvalue weighted by molar-refractivity contribution is -0.140. The average Bonchev–Trinajstić information content (AvgIpc) is 2.99. The fourth-order valence-electron chi connectivity index (χ4n) is 2.48. The molecule has 0 saturated heterocycles. The maximum Gasteiger partial charge on any atom is 0.433 e. The first-order valence-electron chi connectivity index (χ1n) is 7.12. The van der Waals surface area contributed by atoms with Crippen LogP contribution in [-0.4, -0.2) is 18.6 Å². The number of benzene rings is 2. The fraction of sp³-hybridized carbons (Fsp3) is 0.0625. The van der Waals surface area contributed by atoms with E-state index in [-0.39, 0.29) is 27.3 Å². The van der Waals surface area contributed by atoms with Crippen LogP contribution in [0.3, 0.4) is 0 Å². The standard InChI is InChI=1S/C16H11F4N3O2S/c17-11-3-1-2-10(8-11)13-14(22-23-15(13)16(18,19)20)9-4-6-12(7-5-9)26(21,24)25/h1-8H,(H,22,23)(H2,21,24,25). The monoisotopic (exact) mass is 385 g/mol. The summed E-state index contributed by atoms with van der Waals surface area (Å²) in [5.41, 5.74) is -1.36. The summed E-state index contributed by atoms with van der Waals surface area (Å²) < 4.78 is 76.1. The quantitative estimate of drug-likeness (QED) is 0.676. The number of H-pyrrole nitrogens is 1. The lowest BCUT2D eigenvalue weighted by atomic mass is 9.98. The van der Waals surface area contributed by atoms with Crippen LogP contribution in [-0.2, 0) is 16.2 Å². The van der Waals surface area contributed by atoms with Crippen LogP contribution in [0.25, 0.3) is 22.4 Å². The topological polar surface area (TPSA) is 88.8 Å². The summed E-state index contributed by atoms with van der Waals surface area (Å²) in [6, 6.07) is 9.54. The number of rotatable bonds is 3. The minimum absolute atomic E-state index is 0.0170. The second-order valence-corrected chi connectivity index (χ2v) is 6.96. The third kappa shape index (κ3) is 3.46. The van der Waals surface area contributed by atoms with Crippen LogP contribution in [0.15, 0.2) is 53.4 Å². The van der Waals surface area contributed by atoms with E-state index in [1.165, 1.54) is 24.3 Å². The third-order valence-electron chi connectivity index (χ3n) is 3.62. The van der Waals surface area contributed by atoms with Gasteiger partial charge in [0.25, 0.3) is 0 Å². The molecule has 0 spiro atoms. The van der Waals surface area contributed by atoms with E-state index in [9.17, 15) is 26.0 Å². The number of aromatic nitrogens is 2. The van der Waals surface area contributed by atoms with Gasteiger partial charge in [0.1, 0.15) is 17.2 Å². The van der Waals surface area contributed by atoms with E-state index in [2.05, 4.69) is 5.10 Å². The maximum atomic E-state index is 13.5.